The number of ether oxygens (including phenoxy) is 2. The van der Waals surface area contributed by atoms with Crippen molar-refractivity contribution in [2.24, 2.45) is 0 Å². The van der Waals surface area contributed by atoms with Gasteiger partial charge in [-0.3, -0.25) is 4.79 Å². The summed E-state index contributed by atoms with van der Waals surface area (Å²) in [6, 6.07) is 6.70. The number of carbonyl (C=O) groups excluding carboxylic acids is 2. The van der Waals surface area contributed by atoms with Crippen molar-refractivity contribution in [1.82, 2.24) is 14.9 Å². The lowest BCUT2D eigenvalue weighted by molar-refractivity contribution is 0.0519. The van der Waals surface area contributed by atoms with Gasteiger partial charge in [-0.1, -0.05) is 5.92 Å². The maximum absolute atomic E-state index is 12.1. The zero-order valence-corrected chi connectivity index (χ0v) is 13.9. The summed E-state index contributed by atoms with van der Waals surface area (Å²) in [6.07, 6.45) is 8.23. The van der Waals surface area contributed by atoms with E-state index >= 15 is 0 Å². The van der Waals surface area contributed by atoms with E-state index in [-0.39, 0.29) is 18.2 Å². The molecule has 0 radical (unpaired) electrons. The average molecular weight is 341 g/mol. The van der Waals surface area contributed by atoms with Crippen LogP contribution in [0.15, 0.2) is 36.8 Å². The molecule has 2 aromatic rings. The van der Waals surface area contributed by atoms with Crippen molar-refractivity contribution in [3.8, 4) is 18.1 Å². The number of terminal acetylenes is 1. The standard InChI is InChI=1S/C18H19N3O4/c1-3-11-25-15-7-5-14(6-8-15)17(22)19-9-10-21-12-16(20-13-21)18(23)24-4-2/h1,5-8,12-13H,4,9-11H2,2H3,(H,19,22). The van der Waals surface area contributed by atoms with Crippen LogP contribution in [0.3, 0.4) is 0 Å². The van der Waals surface area contributed by atoms with Crippen molar-refractivity contribution < 1.29 is 19.1 Å². The van der Waals surface area contributed by atoms with Gasteiger partial charge in [0.25, 0.3) is 5.91 Å². The van der Waals surface area contributed by atoms with Gasteiger partial charge >= 0.3 is 5.97 Å². The van der Waals surface area contributed by atoms with E-state index in [1.54, 1.807) is 42.0 Å². The van der Waals surface area contributed by atoms with Crippen LogP contribution >= 0.6 is 0 Å². The van der Waals surface area contributed by atoms with Crippen molar-refractivity contribution in [2.75, 3.05) is 19.8 Å². The number of rotatable bonds is 8. The van der Waals surface area contributed by atoms with Crippen LogP contribution in [-0.2, 0) is 11.3 Å². The van der Waals surface area contributed by atoms with Gasteiger partial charge in [-0.15, -0.1) is 6.42 Å². The normalized spacial score (nSPS) is 9.92. The fraction of sp³-hybridized carbons (Fsp3) is 0.278. The molecule has 0 spiro atoms. The van der Waals surface area contributed by atoms with Crippen LogP contribution in [-0.4, -0.2) is 41.2 Å². The highest BCUT2D eigenvalue weighted by Gasteiger charge is 2.10. The average Bonchev–Trinajstić information content (AvgIpc) is 3.09. The number of hydrogen-bond acceptors (Lipinski definition) is 5. The molecule has 0 atom stereocenters. The molecule has 7 nitrogen and oxygen atoms in total. The third-order valence-electron chi connectivity index (χ3n) is 3.21. The van der Waals surface area contributed by atoms with Gasteiger partial charge in [-0.05, 0) is 31.2 Å². The van der Waals surface area contributed by atoms with E-state index in [4.69, 9.17) is 15.9 Å². The highest BCUT2D eigenvalue weighted by atomic mass is 16.5. The van der Waals surface area contributed by atoms with Crippen molar-refractivity contribution in [2.45, 2.75) is 13.5 Å². The van der Waals surface area contributed by atoms with Crippen LogP contribution in [0.1, 0.15) is 27.8 Å². The molecule has 0 unspecified atom stereocenters. The summed E-state index contributed by atoms with van der Waals surface area (Å²) in [5, 5.41) is 2.80. The van der Waals surface area contributed by atoms with Crippen LogP contribution in [0.4, 0.5) is 0 Å². The third kappa shape index (κ3) is 5.39. The number of benzene rings is 1. The van der Waals surface area contributed by atoms with Crippen molar-refractivity contribution in [3.05, 3.63) is 48.0 Å². The molecule has 1 aromatic heterocycles. The van der Waals surface area contributed by atoms with Gasteiger partial charge in [0.05, 0.1) is 12.9 Å². The molecule has 1 amide bonds. The van der Waals surface area contributed by atoms with Crippen LogP contribution in [0.25, 0.3) is 0 Å². The van der Waals surface area contributed by atoms with E-state index in [0.29, 0.717) is 31.0 Å². The van der Waals surface area contributed by atoms with Gasteiger partial charge in [0.15, 0.2) is 5.69 Å². The first-order valence-corrected chi connectivity index (χ1v) is 7.77. The molecule has 0 saturated carbocycles. The summed E-state index contributed by atoms with van der Waals surface area (Å²) < 4.78 is 11.8. The Bertz CT molecular complexity index is 759. The maximum Gasteiger partial charge on any atom is 0.358 e. The Labute approximate surface area is 146 Å². The molecule has 0 saturated heterocycles. The number of amides is 1. The highest BCUT2D eigenvalue weighted by Crippen LogP contribution is 2.11. The Kier molecular flexibility index (Phi) is 6.60. The molecule has 2 rings (SSSR count). The van der Waals surface area contributed by atoms with Crippen LogP contribution in [0.5, 0.6) is 5.75 Å². The first-order chi connectivity index (χ1) is 12.1. The van der Waals surface area contributed by atoms with E-state index in [9.17, 15) is 9.59 Å². The minimum absolute atomic E-state index is 0.185. The predicted octanol–water partition coefficient (Wildman–Crippen LogP) is 1.50. The van der Waals surface area contributed by atoms with E-state index in [2.05, 4.69) is 16.2 Å². The lowest BCUT2D eigenvalue weighted by Gasteiger charge is -2.07. The molecule has 0 bridgehead atoms. The smallest absolute Gasteiger partial charge is 0.358 e. The Morgan fingerprint density at radius 2 is 2.08 bits per heavy atom. The molecule has 0 aliphatic rings. The number of carbonyl (C=O) groups is 2. The fourth-order valence-electron chi connectivity index (χ4n) is 2.02. The van der Waals surface area contributed by atoms with Gasteiger partial charge in [0, 0.05) is 24.8 Å². The van der Waals surface area contributed by atoms with Crippen molar-refractivity contribution >= 4 is 11.9 Å². The second kappa shape index (κ2) is 9.13. The zero-order chi connectivity index (χ0) is 18.1. The van der Waals surface area contributed by atoms with Crippen molar-refractivity contribution in [1.29, 1.82) is 0 Å². The van der Waals surface area contributed by atoms with Crippen LogP contribution in [0.2, 0.25) is 0 Å². The Morgan fingerprint density at radius 1 is 1.32 bits per heavy atom. The zero-order valence-electron chi connectivity index (χ0n) is 13.9. The number of imidazole rings is 1. The minimum atomic E-state index is -0.461. The van der Waals surface area contributed by atoms with E-state index in [1.807, 2.05) is 0 Å². The van der Waals surface area contributed by atoms with E-state index in [1.165, 1.54) is 6.33 Å². The predicted molar refractivity (Wildman–Crippen MR) is 91.3 cm³/mol. The quantitative estimate of drug-likeness (QED) is 0.581. The fourth-order valence-corrected chi connectivity index (χ4v) is 2.02. The summed E-state index contributed by atoms with van der Waals surface area (Å²) in [5.74, 6) is 2.32. The molecule has 0 aliphatic carbocycles. The summed E-state index contributed by atoms with van der Waals surface area (Å²) in [4.78, 5) is 27.6. The minimum Gasteiger partial charge on any atom is -0.481 e. The number of esters is 1. The first-order valence-electron chi connectivity index (χ1n) is 7.77. The summed E-state index contributed by atoms with van der Waals surface area (Å²) in [6.45, 7) is 3.10. The number of hydrogen-bond donors (Lipinski definition) is 1. The molecule has 130 valence electrons. The second-order valence-corrected chi connectivity index (χ2v) is 4.99. The van der Waals surface area contributed by atoms with Gasteiger partial charge in [-0.25, -0.2) is 9.78 Å². The molecule has 1 aromatic carbocycles. The summed E-state index contributed by atoms with van der Waals surface area (Å²) >= 11 is 0. The number of aromatic nitrogens is 2. The van der Waals surface area contributed by atoms with Gasteiger partial charge < -0.3 is 19.4 Å². The molecule has 7 heteroatoms. The lowest BCUT2D eigenvalue weighted by Crippen LogP contribution is -2.26. The molecular weight excluding hydrogens is 322 g/mol. The Balaban J connectivity index is 1.80. The first kappa shape index (κ1) is 18.1. The topological polar surface area (TPSA) is 82.5 Å². The van der Waals surface area contributed by atoms with Crippen LogP contribution in [0, 0.1) is 12.3 Å². The van der Waals surface area contributed by atoms with E-state index in [0.717, 1.165) is 0 Å². The van der Waals surface area contributed by atoms with Gasteiger partial charge in [0.2, 0.25) is 0 Å². The van der Waals surface area contributed by atoms with Gasteiger partial charge in [0.1, 0.15) is 12.4 Å². The van der Waals surface area contributed by atoms with Crippen molar-refractivity contribution in [3.63, 3.8) is 0 Å². The Morgan fingerprint density at radius 3 is 2.76 bits per heavy atom. The molecule has 1 heterocycles. The number of nitrogens with zero attached hydrogens (tertiary/aromatic N) is 2. The third-order valence-corrected chi connectivity index (χ3v) is 3.21. The van der Waals surface area contributed by atoms with Crippen LogP contribution < -0.4 is 10.1 Å². The summed E-state index contributed by atoms with van der Waals surface area (Å²) in [5.41, 5.74) is 0.765. The molecular formula is C18H19N3O4. The number of nitrogens with one attached hydrogen (secondary N) is 1. The lowest BCUT2D eigenvalue weighted by atomic mass is 10.2. The maximum atomic E-state index is 12.1. The largest absolute Gasteiger partial charge is 0.481 e. The molecule has 0 fully saturated rings. The second-order valence-electron chi connectivity index (χ2n) is 4.99. The molecule has 25 heavy (non-hydrogen) atoms. The summed E-state index contributed by atoms with van der Waals surface area (Å²) in [7, 11) is 0. The molecule has 0 aliphatic heterocycles. The Hall–Kier alpha value is -3.27. The molecule has 1 N–H and O–H groups in total. The monoisotopic (exact) mass is 341 g/mol. The highest BCUT2D eigenvalue weighted by molar-refractivity contribution is 5.94. The van der Waals surface area contributed by atoms with E-state index < -0.39 is 5.97 Å². The van der Waals surface area contributed by atoms with Gasteiger partial charge in [-0.2, -0.15) is 0 Å². The SMILES string of the molecule is C#CCOc1ccc(C(=O)NCCn2cnc(C(=O)OCC)c2)cc1.